The fourth-order valence-corrected chi connectivity index (χ4v) is 6.05. The van der Waals surface area contributed by atoms with Crippen LogP contribution in [-0.4, -0.2) is 22.1 Å². The molecule has 2 aromatic carbocycles. The van der Waals surface area contributed by atoms with Gasteiger partial charge in [0, 0.05) is 13.1 Å². The minimum absolute atomic E-state index is 0.123. The van der Waals surface area contributed by atoms with Crippen molar-refractivity contribution in [3.05, 3.63) is 51.6 Å². The van der Waals surface area contributed by atoms with Crippen molar-refractivity contribution >= 4 is 53.2 Å². The first-order valence-electron chi connectivity index (χ1n) is 9.10. The van der Waals surface area contributed by atoms with Crippen molar-refractivity contribution in [2.24, 2.45) is 10.2 Å². The summed E-state index contributed by atoms with van der Waals surface area (Å²) in [7, 11) is -4.25. The highest BCUT2D eigenvalue weighted by molar-refractivity contribution is 7.85. The van der Waals surface area contributed by atoms with Crippen molar-refractivity contribution in [1.29, 1.82) is 0 Å². The summed E-state index contributed by atoms with van der Waals surface area (Å²) < 4.78 is 38.2. The van der Waals surface area contributed by atoms with E-state index in [9.17, 15) is 13.0 Å². The van der Waals surface area contributed by atoms with Crippen molar-refractivity contribution in [3.63, 3.8) is 0 Å². The van der Waals surface area contributed by atoms with Gasteiger partial charge in [0.05, 0.1) is 25.3 Å². The Morgan fingerprint density at radius 3 is 1.93 bits per heavy atom. The molecule has 1 N–H and O–H groups in total. The first-order valence-corrected chi connectivity index (χ1v) is 12.2. The lowest BCUT2D eigenvalue weighted by molar-refractivity contribution is 0.483. The second-order valence-electron chi connectivity index (χ2n) is 6.53. The van der Waals surface area contributed by atoms with Gasteiger partial charge >= 0.3 is 0 Å². The number of hydrogen-bond donors (Lipinski definition) is 1. The lowest BCUT2D eigenvalue weighted by atomic mass is 10.2. The molecule has 0 aliphatic heterocycles. The third kappa shape index (κ3) is 3.68. The van der Waals surface area contributed by atoms with E-state index in [1.165, 1.54) is 33.7 Å². The SMILES string of the molecule is CCn1/c(=N/N=c2/sc3cc(C)ccc3n2CC)sc2cc(S(=O)(=O)O)ccc21. The van der Waals surface area contributed by atoms with Crippen LogP contribution in [0.5, 0.6) is 0 Å². The second-order valence-corrected chi connectivity index (χ2v) is 9.97. The molecule has 2 heterocycles. The fraction of sp³-hybridized carbons (Fsp3) is 0.263. The Balaban J connectivity index is 1.94. The van der Waals surface area contributed by atoms with Crippen LogP contribution in [0.4, 0.5) is 0 Å². The van der Waals surface area contributed by atoms with Gasteiger partial charge in [-0.3, -0.25) is 4.55 Å². The average molecular weight is 449 g/mol. The Bertz CT molecular complexity index is 1470. The van der Waals surface area contributed by atoms with E-state index in [2.05, 4.69) is 46.8 Å². The van der Waals surface area contributed by atoms with E-state index in [-0.39, 0.29) is 4.90 Å². The van der Waals surface area contributed by atoms with Gasteiger partial charge in [0.2, 0.25) is 9.60 Å². The second kappa shape index (κ2) is 7.52. The predicted molar refractivity (Wildman–Crippen MR) is 117 cm³/mol. The standard InChI is InChI=1S/C19H20N4O3S3/c1-4-22-14-8-6-12(3)10-16(14)27-18(22)20-21-19-23(5-2)15-9-7-13(29(24,25)26)11-17(15)28-19/h6-11H,4-5H2,1-3H3,(H,24,25,26)/b20-18+,21-19-. The number of nitrogens with zero attached hydrogens (tertiary/aromatic N) is 4. The van der Waals surface area contributed by atoms with Crippen LogP contribution in [0.2, 0.25) is 0 Å². The van der Waals surface area contributed by atoms with Crippen LogP contribution >= 0.6 is 22.7 Å². The molecule has 4 aromatic rings. The normalized spacial score (nSPS) is 13.8. The maximum atomic E-state index is 11.4. The predicted octanol–water partition coefficient (Wildman–Crippen LogP) is 3.73. The molecule has 0 amide bonds. The van der Waals surface area contributed by atoms with Crippen LogP contribution in [0.15, 0.2) is 51.5 Å². The van der Waals surface area contributed by atoms with Crippen molar-refractivity contribution < 1.29 is 13.0 Å². The molecule has 152 valence electrons. The van der Waals surface area contributed by atoms with E-state index in [0.717, 1.165) is 27.1 Å². The summed E-state index contributed by atoms with van der Waals surface area (Å²) in [6, 6.07) is 10.9. The number of aromatic nitrogens is 2. The first kappa shape index (κ1) is 20.0. The van der Waals surface area contributed by atoms with Crippen molar-refractivity contribution in [2.75, 3.05) is 0 Å². The van der Waals surface area contributed by atoms with E-state index >= 15 is 0 Å². The number of aryl methyl sites for hydroxylation is 3. The van der Waals surface area contributed by atoms with E-state index < -0.39 is 10.1 Å². The van der Waals surface area contributed by atoms with Gasteiger partial charge in [-0.2, -0.15) is 8.42 Å². The third-order valence-electron chi connectivity index (χ3n) is 4.64. The highest BCUT2D eigenvalue weighted by Gasteiger charge is 2.13. The molecule has 0 bridgehead atoms. The Morgan fingerprint density at radius 1 is 0.897 bits per heavy atom. The lowest BCUT2D eigenvalue weighted by Gasteiger charge is -2.01. The van der Waals surface area contributed by atoms with Gasteiger partial charge in [0.15, 0.2) is 0 Å². The fourth-order valence-electron chi connectivity index (χ4n) is 3.24. The first-order chi connectivity index (χ1) is 13.8. The molecule has 4 rings (SSSR count). The van der Waals surface area contributed by atoms with E-state index in [4.69, 9.17) is 0 Å². The molecule has 0 fully saturated rings. The van der Waals surface area contributed by atoms with Crippen LogP contribution in [0.25, 0.3) is 20.4 Å². The maximum Gasteiger partial charge on any atom is 0.294 e. The zero-order chi connectivity index (χ0) is 20.8. The highest BCUT2D eigenvalue weighted by atomic mass is 32.2. The Labute approximate surface area is 175 Å². The van der Waals surface area contributed by atoms with Gasteiger partial charge in [-0.1, -0.05) is 28.7 Å². The highest BCUT2D eigenvalue weighted by Crippen LogP contribution is 2.22. The molecule has 0 saturated heterocycles. The molecule has 0 aliphatic carbocycles. The minimum atomic E-state index is -4.25. The van der Waals surface area contributed by atoms with Crippen LogP contribution in [-0.2, 0) is 23.2 Å². The Morgan fingerprint density at radius 2 is 1.41 bits per heavy atom. The molecule has 0 radical (unpaired) electrons. The van der Waals surface area contributed by atoms with Gasteiger partial charge in [0.1, 0.15) is 0 Å². The summed E-state index contributed by atoms with van der Waals surface area (Å²) in [6.07, 6.45) is 0. The van der Waals surface area contributed by atoms with E-state index in [0.29, 0.717) is 11.3 Å². The van der Waals surface area contributed by atoms with Crippen LogP contribution in [0.3, 0.4) is 0 Å². The lowest BCUT2D eigenvalue weighted by Crippen LogP contribution is -2.16. The van der Waals surface area contributed by atoms with Gasteiger partial charge in [-0.25, -0.2) is 0 Å². The summed E-state index contributed by atoms with van der Waals surface area (Å²) in [5.74, 6) is 0. The van der Waals surface area contributed by atoms with Crippen molar-refractivity contribution in [2.45, 2.75) is 38.8 Å². The monoisotopic (exact) mass is 448 g/mol. The summed E-state index contributed by atoms with van der Waals surface area (Å²) in [5, 5.41) is 9.00. The third-order valence-corrected chi connectivity index (χ3v) is 7.56. The molecule has 0 saturated carbocycles. The molecule has 0 aliphatic rings. The van der Waals surface area contributed by atoms with E-state index in [1.54, 1.807) is 17.4 Å². The molecule has 0 unspecified atom stereocenters. The molecule has 29 heavy (non-hydrogen) atoms. The van der Waals surface area contributed by atoms with Gasteiger partial charge in [-0.15, -0.1) is 10.2 Å². The molecule has 2 aromatic heterocycles. The van der Waals surface area contributed by atoms with Crippen molar-refractivity contribution in [3.8, 4) is 0 Å². The van der Waals surface area contributed by atoms with Gasteiger partial charge < -0.3 is 9.13 Å². The molecular weight excluding hydrogens is 428 g/mol. The summed E-state index contributed by atoms with van der Waals surface area (Å²) >= 11 is 2.94. The van der Waals surface area contributed by atoms with E-state index in [1.807, 2.05) is 11.5 Å². The molecular formula is C19H20N4O3S3. The number of thiazole rings is 2. The van der Waals surface area contributed by atoms with Crippen LogP contribution < -0.4 is 9.60 Å². The number of benzene rings is 2. The minimum Gasteiger partial charge on any atom is -0.315 e. The number of fused-ring (bicyclic) bond motifs is 2. The smallest absolute Gasteiger partial charge is 0.294 e. The van der Waals surface area contributed by atoms with Crippen LogP contribution in [0, 0.1) is 6.92 Å². The van der Waals surface area contributed by atoms with Crippen LogP contribution in [0.1, 0.15) is 19.4 Å². The zero-order valence-electron chi connectivity index (χ0n) is 16.2. The average Bonchev–Trinajstić information content (AvgIpc) is 3.21. The zero-order valence-corrected chi connectivity index (χ0v) is 18.6. The number of hydrogen-bond acceptors (Lipinski definition) is 6. The summed E-state index contributed by atoms with van der Waals surface area (Å²) in [4.78, 5) is 1.36. The summed E-state index contributed by atoms with van der Waals surface area (Å²) in [5.41, 5.74) is 3.19. The van der Waals surface area contributed by atoms with Gasteiger partial charge in [-0.05, 0) is 56.7 Å². The largest absolute Gasteiger partial charge is 0.315 e. The molecule has 10 heteroatoms. The topological polar surface area (TPSA) is 89.0 Å². The number of rotatable bonds is 4. The quantitative estimate of drug-likeness (QED) is 0.381. The van der Waals surface area contributed by atoms with Gasteiger partial charge in [0.25, 0.3) is 10.1 Å². The Hall–Kier alpha value is -2.27. The maximum absolute atomic E-state index is 11.4. The van der Waals surface area contributed by atoms with Crippen molar-refractivity contribution in [1.82, 2.24) is 9.13 Å². The molecule has 7 nitrogen and oxygen atoms in total. The molecule has 0 spiro atoms. The molecule has 0 atom stereocenters. The summed E-state index contributed by atoms with van der Waals surface area (Å²) in [6.45, 7) is 7.59. The Kier molecular flexibility index (Phi) is 5.19.